The zero-order valence-electron chi connectivity index (χ0n) is 26.8. The summed E-state index contributed by atoms with van der Waals surface area (Å²) in [6.07, 6.45) is 0. The van der Waals surface area contributed by atoms with Crippen molar-refractivity contribution < 1.29 is 18.6 Å². The van der Waals surface area contributed by atoms with E-state index in [1.807, 2.05) is 36.4 Å². The summed E-state index contributed by atoms with van der Waals surface area (Å²) in [5, 5.41) is 2.33. The molecule has 3 aliphatic rings. The van der Waals surface area contributed by atoms with Crippen molar-refractivity contribution in [2.45, 2.75) is 77.8 Å². The predicted molar refractivity (Wildman–Crippen MR) is 181 cm³/mol. The van der Waals surface area contributed by atoms with Gasteiger partial charge in [0.05, 0.1) is 45.2 Å². The molecule has 7 rings (SSSR count). The van der Waals surface area contributed by atoms with E-state index in [4.69, 9.17) is 28.6 Å². The Balaban J connectivity index is 1.30. The molecule has 8 heteroatoms. The fourth-order valence-electron chi connectivity index (χ4n) is 5.92. The Morgan fingerprint density at radius 3 is 1.23 bits per heavy atom. The Labute approximate surface area is 260 Å². The standard InChI is InChI=1S/C36H38B2N2O4/c1-33(2)34(3,4)42-37(41-33)24-15-11-17-26(21-24)39-31-28-19-9-13-23-14-10-20-29(30(23)28)32(31)40-27-18-12-16-25(22-27)38-43-35(5,6)36(7,8)44-38/h9-22H,1-8H3. The third kappa shape index (κ3) is 4.76. The molecule has 0 saturated carbocycles. The number of hydrogen-bond acceptors (Lipinski definition) is 6. The van der Waals surface area contributed by atoms with Gasteiger partial charge in [-0.1, -0.05) is 60.7 Å². The molecule has 0 spiro atoms. The lowest BCUT2D eigenvalue weighted by Crippen LogP contribution is -2.41. The molecule has 0 radical (unpaired) electrons. The third-order valence-electron chi connectivity index (χ3n) is 9.91. The van der Waals surface area contributed by atoms with E-state index in [9.17, 15) is 0 Å². The SMILES string of the molecule is CC1(C)OB(c2cccc(N=C3C(=Nc4cccc(B5OC(C)(C)C(C)(C)O5)c4)c4cccc5cccc3c45)c2)OC1(C)C. The number of benzene rings is 4. The van der Waals surface area contributed by atoms with Crippen LogP contribution in [0.3, 0.4) is 0 Å². The largest absolute Gasteiger partial charge is 0.494 e. The van der Waals surface area contributed by atoms with Crippen molar-refractivity contribution in [3.63, 3.8) is 0 Å². The van der Waals surface area contributed by atoms with Crippen LogP contribution in [0.4, 0.5) is 11.4 Å². The molecule has 1 aliphatic carbocycles. The van der Waals surface area contributed by atoms with Crippen LogP contribution in [0.15, 0.2) is 94.9 Å². The van der Waals surface area contributed by atoms with E-state index in [1.165, 1.54) is 0 Å². The first kappa shape index (κ1) is 29.2. The second-order valence-corrected chi connectivity index (χ2v) is 14.0. The third-order valence-corrected chi connectivity index (χ3v) is 9.91. The average Bonchev–Trinajstić information content (AvgIpc) is 3.47. The lowest BCUT2D eigenvalue weighted by molar-refractivity contribution is 0.00578. The molecule has 4 aromatic rings. The van der Waals surface area contributed by atoms with E-state index < -0.39 is 36.6 Å². The van der Waals surface area contributed by atoms with Gasteiger partial charge in [-0.25, -0.2) is 9.98 Å². The van der Waals surface area contributed by atoms with Gasteiger partial charge in [-0.05, 0) is 96.0 Å². The summed E-state index contributed by atoms with van der Waals surface area (Å²) in [5.74, 6) is 0. The maximum atomic E-state index is 6.34. The van der Waals surface area contributed by atoms with Gasteiger partial charge in [0.25, 0.3) is 0 Å². The van der Waals surface area contributed by atoms with Crippen molar-refractivity contribution in [3.8, 4) is 0 Å². The van der Waals surface area contributed by atoms with Crippen LogP contribution in [-0.2, 0) is 18.6 Å². The van der Waals surface area contributed by atoms with Crippen LogP contribution >= 0.6 is 0 Å². The average molecular weight is 584 g/mol. The molecule has 6 nitrogen and oxygen atoms in total. The monoisotopic (exact) mass is 584 g/mol. The molecule has 0 bridgehead atoms. The van der Waals surface area contributed by atoms with E-state index in [-0.39, 0.29) is 0 Å². The molecular weight excluding hydrogens is 546 g/mol. The highest BCUT2D eigenvalue weighted by molar-refractivity contribution is 6.63. The van der Waals surface area contributed by atoms with E-state index in [1.54, 1.807) is 0 Å². The van der Waals surface area contributed by atoms with Crippen LogP contribution in [-0.4, -0.2) is 48.1 Å². The first-order chi connectivity index (χ1) is 20.7. The summed E-state index contributed by atoms with van der Waals surface area (Å²) >= 11 is 0. The van der Waals surface area contributed by atoms with E-state index in [0.717, 1.165) is 55.6 Å². The quantitative estimate of drug-likeness (QED) is 0.251. The van der Waals surface area contributed by atoms with Crippen LogP contribution < -0.4 is 10.9 Å². The first-order valence-corrected chi connectivity index (χ1v) is 15.4. The van der Waals surface area contributed by atoms with Gasteiger partial charge in [0, 0.05) is 16.5 Å². The molecule has 0 amide bonds. The number of hydrogen-bond donors (Lipinski definition) is 0. The molecule has 2 aliphatic heterocycles. The molecular formula is C36H38B2N2O4. The zero-order chi connectivity index (χ0) is 31.1. The summed E-state index contributed by atoms with van der Waals surface area (Å²) < 4.78 is 25.3. The van der Waals surface area contributed by atoms with Gasteiger partial charge in [0.15, 0.2) is 0 Å². The van der Waals surface area contributed by atoms with Gasteiger partial charge in [0.2, 0.25) is 0 Å². The summed E-state index contributed by atoms with van der Waals surface area (Å²) in [6.45, 7) is 16.5. The zero-order valence-corrected chi connectivity index (χ0v) is 26.8. The Morgan fingerprint density at radius 2 is 0.841 bits per heavy atom. The molecule has 0 aromatic heterocycles. The molecule has 0 N–H and O–H groups in total. The Hall–Kier alpha value is -3.55. The van der Waals surface area contributed by atoms with Gasteiger partial charge in [-0.3, -0.25) is 0 Å². The molecule has 4 aromatic carbocycles. The van der Waals surface area contributed by atoms with Gasteiger partial charge >= 0.3 is 14.2 Å². The molecule has 2 fully saturated rings. The molecule has 222 valence electrons. The van der Waals surface area contributed by atoms with Crippen molar-refractivity contribution in [1.82, 2.24) is 0 Å². The fraction of sp³-hybridized carbons (Fsp3) is 0.333. The van der Waals surface area contributed by atoms with Gasteiger partial charge < -0.3 is 18.6 Å². The highest BCUT2D eigenvalue weighted by atomic mass is 16.7. The molecule has 2 heterocycles. The maximum Gasteiger partial charge on any atom is 0.494 e. The normalized spacial score (nSPS) is 22.9. The van der Waals surface area contributed by atoms with Crippen molar-refractivity contribution in [2.24, 2.45) is 9.98 Å². The summed E-state index contributed by atoms with van der Waals surface area (Å²) in [4.78, 5) is 10.5. The van der Waals surface area contributed by atoms with Crippen LogP contribution in [0.1, 0.15) is 66.5 Å². The van der Waals surface area contributed by atoms with Crippen LogP contribution in [0, 0.1) is 0 Å². The number of aliphatic imine (C=N–C) groups is 2. The minimum absolute atomic E-state index is 0.420. The molecule has 2 saturated heterocycles. The Morgan fingerprint density at radius 1 is 0.477 bits per heavy atom. The van der Waals surface area contributed by atoms with E-state index in [0.29, 0.717) is 0 Å². The molecule has 0 unspecified atom stereocenters. The smallest absolute Gasteiger partial charge is 0.399 e. The first-order valence-electron chi connectivity index (χ1n) is 15.4. The summed E-state index contributed by atoms with van der Waals surface area (Å²) in [6, 6.07) is 28.9. The van der Waals surface area contributed by atoms with Crippen LogP contribution in [0.2, 0.25) is 0 Å². The second-order valence-electron chi connectivity index (χ2n) is 14.0. The fourth-order valence-corrected chi connectivity index (χ4v) is 5.92. The summed E-state index contributed by atoms with van der Waals surface area (Å²) in [5.41, 5.74) is 5.64. The van der Waals surface area contributed by atoms with Gasteiger partial charge in [-0.15, -0.1) is 0 Å². The Kier molecular flexibility index (Phi) is 6.62. The number of rotatable bonds is 4. The van der Waals surface area contributed by atoms with Crippen molar-refractivity contribution in [3.05, 3.63) is 96.1 Å². The van der Waals surface area contributed by atoms with E-state index >= 15 is 0 Å². The minimum Gasteiger partial charge on any atom is -0.399 e. The highest BCUT2D eigenvalue weighted by Crippen LogP contribution is 2.39. The van der Waals surface area contributed by atoms with Crippen LogP contribution in [0.5, 0.6) is 0 Å². The lowest BCUT2D eigenvalue weighted by atomic mass is 9.79. The molecule has 44 heavy (non-hydrogen) atoms. The predicted octanol–water partition coefficient (Wildman–Crippen LogP) is 6.69. The minimum atomic E-state index is -0.463. The summed E-state index contributed by atoms with van der Waals surface area (Å²) in [7, 11) is -0.926. The lowest BCUT2D eigenvalue weighted by Gasteiger charge is -2.32. The number of nitrogens with zero attached hydrogens (tertiary/aromatic N) is 2. The molecule has 0 atom stereocenters. The van der Waals surface area contributed by atoms with Crippen LogP contribution in [0.25, 0.3) is 10.8 Å². The van der Waals surface area contributed by atoms with Crippen molar-refractivity contribution in [1.29, 1.82) is 0 Å². The van der Waals surface area contributed by atoms with Gasteiger partial charge in [0.1, 0.15) is 0 Å². The maximum absolute atomic E-state index is 6.34. The second kappa shape index (κ2) is 9.98. The Bertz CT molecular complexity index is 1700. The highest BCUT2D eigenvalue weighted by Gasteiger charge is 2.52. The van der Waals surface area contributed by atoms with E-state index in [2.05, 4.69) is 104 Å². The van der Waals surface area contributed by atoms with Crippen molar-refractivity contribution in [2.75, 3.05) is 0 Å². The van der Waals surface area contributed by atoms with Crippen molar-refractivity contribution >= 4 is 58.7 Å². The topological polar surface area (TPSA) is 61.6 Å². The van der Waals surface area contributed by atoms with Gasteiger partial charge in [-0.2, -0.15) is 0 Å².